The van der Waals surface area contributed by atoms with Crippen molar-refractivity contribution in [3.63, 3.8) is 0 Å². The van der Waals surface area contributed by atoms with Gasteiger partial charge in [0, 0.05) is 31.7 Å². The third kappa shape index (κ3) is 3.56. The van der Waals surface area contributed by atoms with E-state index >= 15 is 0 Å². The van der Waals surface area contributed by atoms with Crippen molar-refractivity contribution < 1.29 is 4.79 Å². The molecule has 2 N–H and O–H groups in total. The monoisotopic (exact) mass is 363 g/mol. The molecular formula is C20H23N6O. The van der Waals surface area contributed by atoms with Crippen LogP contribution < -0.4 is 5.73 Å². The molecule has 1 saturated heterocycles. The first-order valence-corrected chi connectivity index (χ1v) is 9.03. The number of nitrogens with zero attached hydrogens (tertiary/aromatic N) is 5. The molecule has 27 heavy (non-hydrogen) atoms. The molecule has 2 aromatic heterocycles. The summed E-state index contributed by atoms with van der Waals surface area (Å²) >= 11 is 0. The second-order valence-corrected chi connectivity index (χ2v) is 7.46. The van der Waals surface area contributed by atoms with E-state index in [1.165, 1.54) is 5.56 Å². The topological polar surface area (TPSA) is 79.8 Å². The van der Waals surface area contributed by atoms with Crippen molar-refractivity contribution in [2.24, 2.45) is 11.7 Å². The van der Waals surface area contributed by atoms with Gasteiger partial charge in [-0.25, -0.2) is 9.50 Å². The van der Waals surface area contributed by atoms with Gasteiger partial charge in [-0.05, 0) is 37.7 Å². The number of benzene rings is 1. The largest absolute Gasteiger partial charge is 0.365 e. The quantitative estimate of drug-likeness (QED) is 0.714. The summed E-state index contributed by atoms with van der Waals surface area (Å²) in [4.78, 5) is 20.3. The first-order valence-electron chi connectivity index (χ1n) is 9.03. The molecule has 0 spiro atoms. The van der Waals surface area contributed by atoms with Gasteiger partial charge in [0.15, 0.2) is 5.65 Å². The molecule has 3 aromatic rings. The van der Waals surface area contributed by atoms with E-state index in [4.69, 9.17) is 5.73 Å². The molecule has 1 fully saturated rings. The minimum absolute atomic E-state index is 0.342. The van der Waals surface area contributed by atoms with Crippen LogP contribution in [-0.2, 0) is 6.54 Å². The summed E-state index contributed by atoms with van der Waals surface area (Å²) in [5, 5.41) is 4.12. The maximum Gasteiger partial charge on any atom is 0.252 e. The number of aromatic nitrogens is 3. The molecule has 139 valence electrons. The molecule has 0 atom stereocenters. The number of pyridine rings is 1. The average Bonchev–Trinajstić information content (AvgIpc) is 3.09. The third-order valence-corrected chi connectivity index (χ3v) is 4.96. The Labute approximate surface area is 158 Å². The number of carbonyl (C=O) groups is 1. The molecule has 0 saturated carbocycles. The third-order valence-electron chi connectivity index (χ3n) is 4.96. The zero-order valence-electron chi connectivity index (χ0n) is 15.6. The molecule has 1 aliphatic rings. The van der Waals surface area contributed by atoms with Crippen molar-refractivity contribution in [2.45, 2.75) is 6.54 Å². The summed E-state index contributed by atoms with van der Waals surface area (Å²) < 4.78 is 1.61. The molecule has 0 aliphatic carbocycles. The van der Waals surface area contributed by atoms with E-state index in [2.05, 4.69) is 64.6 Å². The smallest absolute Gasteiger partial charge is 0.252 e. The minimum Gasteiger partial charge on any atom is -0.365 e. The number of primary amides is 1. The van der Waals surface area contributed by atoms with Gasteiger partial charge in [-0.2, -0.15) is 0 Å². The Morgan fingerprint density at radius 1 is 1.22 bits per heavy atom. The zero-order chi connectivity index (χ0) is 19.0. The van der Waals surface area contributed by atoms with Crippen LogP contribution in [-0.4, -0.2) is 64.0 Å². The highest BCUT2D eigenvalue weighted by Gasteiger charge is 2.26. The Hall–Kier alpha value is -2.77. The maximum absolute atomic E-state index is 11.5. The number of likely N-dealkylation sites (tertiary alicyclic amines) is 1. The van der Waals surface area contributed by atoms with Gasteiger partial charge in [0.2, 0.25) is 6.33 Å². The average molecular weight is 363 g/mol. The van der Waals surface area contributed by atoms with Gasteiger partial charge in [0.1, 0.15) is 0 Å². The van der Waals surface area contributed by atoms with Gasteiger partial charge in [-0.1, -0.05) is 24.3 Å². The molecule has 4 rings (SSSR count). The van der Waals surface area contributed by atoms with Crippen molar-refractivity contribution in [1.82, 2.24) is 24.4 Å². The normalized spacial score (nSPS) is 15.4. The molecule has 3 heterocycles. The molecular weight excluding hydrogens is 340 g/mol. The molecule has 7 heteroatoms. The van der Waals surface area contributed by atoms with Crippen LogP contribution in [0.1, 0.15) is 15.9 Å². The lowest BCUT2D eigenvalue weighted by molar-refractivity contribution is 0.0730. The molecule has 7 nitrogen and oxygen atoms in total. The Morgan fingerprint density at radius 3 is 2.63 bits per heavy atom. The predicted molar refractivity (Wildman–Crippen MR) is 103 cm³/mol. The molecule has 1 aliphatic heterocycles. The fourth-order valence-corrected chi connectivity index (χ4v) is 3.75. The number of hydrogen-bond donors (Lipinski definition) is 1. The van der Waals surface area contributed by atoms with Gasteiger partial charge < -0.3 is 10.6 Å². The summed E-state index contributed by atoms with van der Waals surface area (Å²) in [5.41, 5.74) is 9.33. The first kappa shape index (κ1) is 17.6. The summed E-state index contributed by atoms with van der Waals surface area (Å²) in [6.07, 6.45) is 2.56. The lowest BCUT2D eigenvalue weighted by atomic mass is 9.98. The fraction of sp³-hybridized carbons (Fsp3) is 0.350. The van der Waals surface area contributed by atoms with Crippen molar-refractivity contribution in [3.8, 4) is 11.3 Å². The van der Waals surface area contributed by atoms with Gasteiger partial charge in [-0.15, -0.1) is 5.10 Å². The molecule has 1 radical (unpaired) electrons. The summed E-state index contributed by atoms with van der Waals surface area (Å²) in [6, 6.07) is 12.0. The van der Waals surface area contributed by atoms with E-state index in [0.717, 1.165) is 43.4 Å². The van der Waals surface area contributed by atoms with E-state index in [1.807, 2.05) is 6.07 Å². The van der Waals surface area contributed by atoms with Crippen molar-refractivity contribution >= 4 is 11.6 Å². The summed E-state index contributed by atoms with van der Waals surface area (Å²) in [5.74, 6) is 0.255. The van der Waals surface area contributed by atoms with Gasteiger partial charge >= 0.3 is 0 Å². The Kier molecular flexibility index (Phi) is 4.63. The molecule has 0 bridgehead atoms. The van der Waals surface area contributed by atoms with Crippen LogP contribution in [0.15, 0.2) is 36.4 Å². The van der Waals surface area contributed by atoms with Crippen LogP contribution in [0.3, 0.4) is 0 Å². The molecule has 1 aromatic carbocycles. The summed E-state index contributed by atoms with van der Waals surface area (Å²) in [7, 11) is 4.25. The Morgan fingerprint density at radius 2 is 1.96 bits per heavy atom. The van der Waals surface area contributed by atoms with E-state index in [-0.39, 0.29) is 0 Å². The number of nitrogens with two attached hydrogens (primary N) is 1. The fourth-order valence-electron chi connectivity index (χ4n) is 3.75. The van der Waals surface area contributed by atoms with E-state index in [1.54, 1.807) is 10.6 Å². The van der Waals surface area contributed by atoms with Crippen LogP contribution >= 0.6 is 0 Å². The lowest BCUT2D eigenvalue weighted by Gasteiger charge is -2.40. The number of carbonyl (C=O) groups excluding carboxylic acids is 1. The Bertz CT molecular complexity index is 956. The van der Waals surface area contributed by atoms with E-state index in [9.17, 15) is 4.79 Å². The van der Waals surface area contributed by atoms with Crippen LogP contribution in [0.5, 0.6) is 0 Å². The maximum atomic E-state index is 11.5. The first-order chi connectivity index (χ1) is 13.0. The number of amides is 1. The van der Waals surface area contributed by atoms with Crippen LogP contribution in [0.25, 0.3) is 16.9 Å². The van der Waals surface area contributed by atoms with E-state index in [0.29, 0.717) is 11.2 Å². The van der Waals surface area contributed by atoms with Crippen molar-refractivity contribution in [3.05, 3.63) is 53.9 Å². The van der Waals surface area contributed by atoms with E-state index < -0.39 is 5.91 Å². The number of fused-ring (bicyclic) bond motifs is 1. The zero-order valence-corrected chi connectivity index (χ0v) is 15.6. The Balaban J connectivity index is 1.49. The second kappa shape index (κ2) is 7.09. The number of rotatable bonds is 6. The highest BCUT2D eigenvalue weighted by Crippen LogP contribution is 2.24. The van der Waals surface area contributed by atoms with Crippen molar-refractivity contribution in [2.75, 3.05) is 33.7 Å². The molecule has 1 amide bonds. The highest BCUT2D eigenvalue weighted by atomic mass is 16.1. The van der Waals surface area contributed by atoms with Gasteiger partial charge in [-0.3, -0.25) is 9.69 Å². The standard InChI is InChI=1S/C20H23N6O/c1-24(2)9-15-11-25(12-15)10-14-3-5-16(6-4-14)18-8-7-17(19(21)27)20-22-13-23-26(18)20/h3-8,15H,9-12H2,1-2H3,(H2,21,27). The predicted octanol–water partition coefficient (Wildman–Crippen LogP) is 1.29. The SMILES string of the molecule is CN(C)CC1CN(Cc2ccc(-c3ccc(C(N)=O)c4n[c]nn34)cc2)C1. The summed E-state index contributed by atoms with van der Waals surface area (Å²) in [6.45, 7) is 4.44. The van der Waals surface area contributed by atoms with Gasteiger partial charge in [0.25, 0.3) is 5.91 Å². The van der Waals surface area contributed by atoms with Crippen LogP contribution in [0.4, 0.5) is 0 Å². The lowest BCUT2D eigenvalue weighted by Crippen LogP contribution is -2.49. The van der Waals surface area contributed by atoms with Crippen LogP contribution in [0, 0.1) is 12.2 Å². The molecule has 0 unspecified atom stereocenters. The number of hydrogen-bond acceptors (Lipinski definition) is 5. The second-order valence-electron chi connectivity index (χ2n) is 7.46. The minimum atomic E-state index is -0.523. The van der Waals surface area contributed by atoms with Crippen LogP contribution in [0.2, 0.25) is 0 Å². The van der Waals surface area contributed by atoms with Gasteiger partial charge in [0.05, 0.1) is 11.3 Å². The van der Waals surface area contributed by atoms with Crippen molar-refractivity contribution in [1.29, 1.82) is 0 Å². The highest BCUT2D eigenvalue weighted by molar-refractivity contribution is 5.99.